The Hall–Kier alpha value is -0.910. The molecule has 0 aliphatic rings. The third kappa shape index (κ3) is 8.27. The smallest absolute Gasteiger partial charge is 0.151 e. The van der Waals surface area contributed by atoms with Crippen molar-refractivity contribution in [1.82, 2.24) is 0 Å². The molecule has 0 saturated heterocycles. The molecule has 0 heterocycles. The van der Waals surface area contributed by atoms with Gasteiger partial charge in [-0.15, -0.1) is 0 Å². The molecule has 0 bridgehead atoms. The zero-order valence-corrected chi connectivity index (χ0v) is 17.2. The van der Waals surface area contributed by atoms with Gasteiger partial charge in [-0.25, -0.2) is 0 Å². The summed E-state index contributed by atoms with van der Waals surface area (Å²) in [5.74, 6) is 1.53. The molecule has 0 fully saturated rings. The third-order valence-corrected chi connectivity index (χ3v) is 3.67. The van der Waals surface area contributed by atoms with Crippen LogP contribution in [0.1, 0.15) is 32.8 Å². The summed E-state index contributed by atoms with van der Waals surface area (Å²) in [6.07, 6.45) is 3.47. The first kappa shape index (κ1) is 21.1. The molecule has 0 radical (unpaired) electrons. The van der Waals surface area contributed by atoms with Gasteiger partial charge >= 0.3 is 0 Å². The molecule has 0 N–H and O–H groups in total. The molecule has 0 aliphatic heterocycles. The van der Waals surface area contributed by atoms with Crippen LogP contribution in [-0.2, 0) is 11.3 Å². The Balaban J connectivity index is 2.75. The summed E-state index contributed by atoms with van der Waals surface area (Å²) in [6, 6.07) is 3.83. The predicted octanol–water partition coefficient (Wildman–Crippen LogP) is 5.89. The Bertz CT molecular complexity index is 583. The molecule has 4 nitrogen and oxygen atoms in total. The van der Waals surface area contributed by atoms with Crippen LogP contribution in [0, 0.1) is 0 Å². The molecular formula is C17H22BrCl2NO3. The quantitative estimate of drug-likeness (QED) is 0.259. The molecule has 1 aromatic rings. The molecular weight excluding hydrogens is 417 g/mol. The normalized spacial score (nSPS) is 10.1. The maximum absolute atomic E-state index is 5.85. The van der Waals surface area contributed by atoms with Gasteiger partial charge < -0.3 is 14.3 Å². The molecule has 0 aliphatic carbocycles. The lowest BCUT2D eigenvalue weighted by atomic mass is 10.1. The molecule has 0 unspecified atom stereocenters. The van der Waals surface area contributed by atoms with E-state index in [0.29, 0.717) is 19.8 Å². The average molecular weight is 439 g/mol. The molecule has 134 valence electrons. The second kappa shape index (κ2) is 11.6. The Morgan fingerprint density at radius 2 is 1.96 bits per heavy atom. The number of nitrogens with zero attached hydrogens (tertiary/aromatic N) is 1. The molecule has 1 aromatic carbocycles. The summed E-state index contributed by atoms with van der Waals surface area (Å²) in [4.78, 5) is 5.15. The van der Waals surface area contributed by atoms with Crippen molar-refractivity contribution in [3.63, 3.8) is 0 Å². The van der Waals surface area contributed by atoms with Crippen molar-refractivity contribution in [3.8, 4) is 11.5 Å². The number of aryl methyl sites for hydroxylation is 1. The van der Waals surface area contributed by atoms with Gasteiger partial charge in [-0.05, 0) is 60.0 Å². The molecule has 0 saturated carbocycles. The summed E-state index contributed by atoms with van der Waals surface area (Å²) >= 11 is 14.7. The van der Waals surface area contributed by atoms with Gasteiger partial charge in [0.2, 0.25) is 0 Å². The van der Waals surface area contributed by atoms with E-state index in [1.165, 1.54) is 0 Å². The van der Waals surface area contributed by atoms with Crippen molar-refractivity contribution >= 4 is 44.8 Å². The van der Waals surface area contributed by atoms with Crippen molar-refractivity contribution in [2.75, 3.05) is 19.8 Å². The van der Waals surface area contributed by atoms with E-state index in [0.717, 1.165) is 40.1 Å². The number of hydrogen-bond acceptors (Lipinski definition) is 4. The van der Waals surface area contributed by atoms with Gasteiger partial charge in [-0.3, -0.25) is 0 Å². The predicted molar refractivity (Wildman–Crippen MR) is 104 cm³/mol. The van der Waals surface area contributed by atoms with E-state index in [1.54, 1.807) is 6.08 Å². The lowest BCUT2D eigenvalue weighted by Crippen LogP contribution is -2.07. The van der Waals surface area contributed by atoms with Gasteiger partial charge in [-0.1, -0.05) is 41.7 Å². The van der Waals surface area contributed by atoms with E-state index in [1.807, 2.05) is 26.0 Å². The molecule has 0 aromatic heterocycles. The fraction of sp³-hybridized carbons (Fsp3) is 0.471. The Morgan fingerprint density at radius 3 is 2.58 bits per heavy atom. The van der Waals surface area contributed by atoms with Crippen LogP contribution < -0.4 is 9.47 Å². The standard InChI is InChI=1S/C17H22BrCl2NO3/c1-4-5-13-10-14(22-7-6-16(19)20)11-15(18)17(13)23-8-9-24-21-12(2)3/h6,10-11H,4-5,7-9H2,1-3H3. The van der Waals surface area contributed by atoms with E-state index >= 15 is 0 Å². The van der Waals surface area contributed by atoms with Crippen molar-refractivity contribution in [3.05, 3.63) is 32.7 Å². The summed E-state index contributed by atoms with van der Waals surface area (Å²) < 4.78 is 12.5. The summed E-state index contributed by atoms with van der Waals surface area (Å²) in [5.41, 5.74) is 1.94. The minimum Gasteiger partial charge on any atom is -0.489 e. The molecule has 7 heteroatoms. The molecule has 0 atom stereocenters. The van der Waals surface area contributed by atoms with E-state index in [-0.39, 0.29) is 4.49 Å². The topological polar surface area (TPSA) is 40.0 Å². The third-order valence-electron chi connectivity index (χ3n) is 2.77. The van der Waals surface area contributed by atoms with Gasteiger partial charge in [0.25, 0.3) is 0 Å². The number of halogens is 3. The highest BCUT2D eigenvalue weighted by molar-refractivity contribution is 9.10. The van der Waals surface area contributed by atoms with Crippen LogP contribution in [0.2, 0.25) is 0 Å². The fourth-order valence-corrected chi connectivity index (χ4v) is 2.60. The van der Waals surface area contributed by atoms with Crippen LogP contribution in [0.15, 0.2) is 32.3 Å². The Labute approximate surface area is 161 Å². The summed E-state index contributed by atoms with van der Waals surface area (Å²) in [6.45, 7) is 6.98. The highest BCUT2D eigenvalue weighted by Gasteiger charge is 2.11. The van der Waals surface area contributed by atoms with Gasteiger partial charge in [0.1, 0.15) is 29.2 Å². The minimum atomic E-state index is 0.188. The summed E-state index contributed by atoms with van der Waals surface area (Å²) in [5, 5.41) is 3.88. The maximum atomic E-state index is 5.85. The van der Waals surface area contributed by atoms with E-state index in [9.17, 15) is 0 Å². The van der Waals surface area contributed by atoms with Gasteiger partial charge in [0, 0.05) is 0 Å². The SMILES string of the molecule is CCCc1cc(OCC=C(Cl)Cl)cc(Br)c1OCCON=C(C)C. The maximum Gasteiger partial charge on any atom is 0.151 e. The number of ether oxygens (including phenoxy) is 2. The van der Waals surface area contributed by atoms with Crippen LogP contribution >= 0.6 is 39.1 Å². The van der Waals surface area contributed by atoms with Crippen molar-refractivity contribution in [2.24, 2.45) is 5.16 Å². The van der Waals surface area contributed by atoms with Crippen molar-refractivity contribution in [2.45, 2.75) is 33.6 Å². The monoisotopic (exact) mass is 437 g/mol. The first-order chi connectivity index (χ1) is 11.4. The zero-order chi connectivity index (χ0) is 17.9. The molecule has 24 heavy (non-hydrogen) atoms. The number of oxime groups is 1. The van der Waals surface area contributed by atoms with E-state index in [2.05, 4.69) is 28.0 Å². The summed E-state index contributed by atoms with van der Waals surface area (Å²) in [7, 11) is 0. The lowest BCUT2D eigenvalue weighted by Gasteiger charge is -2.15. The zero-order valence-electron chi connectivity index (χ0n) is 14.1. The van der Waals surface area contributed by atoms with E-state index < -0.39 is 0 Å². The Morgan fingerprint density at radius 1 is 1.21 bits per heavy atom. The average Bonchev–Trinajstić information content (AvgIpc) is 2.48. The fourth-order valence-electron chi connectivity index (χ4n) is 1.88. The second-order valence-corrected chi connectivity index (χ2v) is 7.03. The minimum absolute atomic E-state index is 0.188. The molecule has 0 spiro atoms. The molecule has 0 amide bonds. The Kier molecular flexibility index (Phi) is 10.2. The van der Waals surface area contributed by atoms with Crippen LogP contribution in [0.25, 0.3) is 0 Å². The van der Waals surface area contributed by atoms with Crippen molar-refractivity contribution in [1.29, 1.82) is 0 Å². The van der Waals surface area contributed by atoms with E-state index in [4.69, 9.17) is 37.5 Å². The van der Waals surface area contributed by atoms with Gasteiger partial charge in [0.05, 0.1) is 10.2 Å². The lowest BCUT2D eigenvalue weighted by molar-refractivity contribution is 0.106. The van der Waals surface area contributed by atoms with Crippen LogP contribution in [0.3, 0.4) is 0 Å². The largest absolute Gasteiger partial charge is 0.489 e. The highest BCUT2D eigenvalue weighted by atomic mass is 79.9. The van der Waals surface area contributed by atoms with Crippen LogP contribution in [-0.4, -0.2) is 25.5 Å². The molecule has 1 rings (SSSR count). The first-order valence-corrected chi connectivity index (χ1v) is 9.21. The first-order valence-electron chi connectivity index (χ1n) is 7.66. The van der Waals surface area contributed by atoms with Gasteiger partial charge in [-0.2, -0.15) is 0 Å². The second-order valence-electron chi connectivity index (χ2n) is 5.17. The number of rotatable bonds is 10. The van der Waals surface area contributed by atoms with Crippen molar-refractivity contribution < 1.29 is 14.3 Å². The van der Waals surface area contributed by atoms with Gasteiger partial charge in [0.15, 0.2) is 6.61 Å². The number of hydrogen-bond donors (Lipinski definition) is 0. The number of benzene rings is 1. The highest BCUT2D eigenvalue weighted by Crippen LogP contribution is 2.34. The van der Waals surface area contributed by atoms with Crippen LogP contribution in [0.5, 0.6) is 11.5 Å². The van der Waals surface area contributed by atoms with Crippen LogP contribution in [0.4, 0.5) is 0 Å².